The van der Waals surface area contributed by atoms with Gasteiger partial charge < -0.3 is 8.97 Å². The Kier molecular flexibility index (Phi) is 5.10. The number of rotatable bonds is 2. The molecule has 4 nitrogen and oxygen atoms in total. The fourth-order valence-electron chi connectivity index (χ4n) is 4.65. The molecule has 3 aromatic carbocycles. The maximum atomic E-state index is 14.5. The van der Waals surface area contributed by atoms with Crippen LogP contribution in [0.15, 0.2) is 71.5 Å². The third-order valence-corrected chi connectivity index (χ3v) is 6.50. The Labute approximate surface area is 201 Å². The van der Waals surface area contributed by atoms with Crippen LogP contribution in [0.2, 0.25) is 0 Å². The zero-order valence-corrected chi connectivity index (χ0v) is 19.9. The Balaban J connectivity index is 2.02. The largest absolute Gasteiger partial charge is 0.308 e. The molecular weight excluding hydrogens is 444 g/mol. The summed E-state index contributed by atoms with van der Waals surface area (Å²) >= 11 is 0. The van der Waals surface area contributed by atoms with Crippen molar-refractivity contribution < 1.29 is 8.78 Å². The number of benzene rings is 3. The highest BCUT2D eigenvalue weighted by molar-refractivity contribution is 5.97. The van der Waals surface area contributed by atoms with Gasteiger partial charge in [-0.1, -0.05) is 75.4 Å². The van der Waals surface area contributed by atoms with Crippen LogP contribution < -0.4 is 5.56 Å². The summed E-state index contributed by atoms with van der Waals surface area (Å²) in [5, 5.41) is 10.3. The number of halogens is 2. The van der Waals surface area contributed by atoms with Crippen LogP contribution in [0.1, 0.15) is 31.9 Å². The molecule has 2 heterocycles. The lowest BCUT2D eigenvalue weighted by atomic mass is 9.86. The Morgan fingerprint density at radius 3 is 2.03 bits per heavy atom. The summed E-state index contributed by atoms with van der Waals surface area (Å²) in [5.41, 5.74) is 4.04. The molecule has 0 radical (unpaired) electrons. The Morgan fingerprint density at radius 2 is 1.46 bits per heavy atom. The zero-order chi connectivity index (χ0) is 25.1. The molecule has 35 heavy (non-hydrogen) atoms. The van der Waals surface area contributed by atoms with Crippen LogP contribution in [0.5, 0.6) is 0 Å². The molecule has 0 fully saturated rings. The monoisotopic (exact) mass is 467 g/mol. The van der Waals surface area contributed by atoms with E-state index in [9.17, 15) is 18.8 Å². The molecule has 0 spiro atoms. The van der Waals surface area contributed by atoms with Crippen LogP contribution in [0.25, 0.3) is 38.9 Å². The number of nitriles is 1. The van der Waals surface area contributed by atoms with E-state index >= 15 is 0 Å². The highest BCUT2D eigenvalue weighted by Crippen LogP contribution is 2.39. The molecule has 174 valence electrons. The summed E-state index contributed by atoms with van der Waals surface area (Å²) in [7, 11) is 1.52. The number of hydrogen-bond acceptors (Lipinski definition) is 2. The van der Waals surface area contributed by atoms with Crippen molar-refractivity contribution >= 4 is 16.6 Å². The normalized spacial score (nSPS) is 11.8. The van der Waals surface area contributed by atoms with Gasteiger partial charge >= 0.3 is 0 Å². The quantitative estimate of drug-likeness (QED) is 0.295. The molecule has 0 N–H and O–H groups in total. The fraction of sp³-hybridized carbons (Fsp3) is 0.172. The minimum atomic E-state index is -1.04. The summed E-state index contributed by atoms with van der Waals surface area (Å²) in [4.78, 5) is 13.7. The number of aromatic nitrogens is 2. The van der Waals surface area contributed by atoms with Gasteiger partial charge in [0.15, 0.2) is 11.6 Å². The maximum Gasteiger partial charge on any atom is 0.275 e. The Bertz CT molecular complexity index is 1720. The van der Waals surface area contributed by atoms with Crippen LogP contribution in [-0.4, -0.2) is 8.97 Å². The summed E-state index contributed by atoms with van der Waals surface area (Å²) in [5.74, 6) is -2.07. The highest BCUT2D eigenvalue weighted by atomic mass is 19.2. The van der Waals surface area contributed by atoms with Gasteiger partial charge in [-0.05, 0) is 22.1 Å². The molecule has 0 atom stereocenters. The average molecular weight is 468 g/mol. The Morgan fingerprint density at radius 1 is 0.857 bits per heavy atom. The highest BCUT2D eigenvalue weighted by Gasteiger charge is 2.26. The topological polar surface area (TPSA) is 50.2 Å². The first-order valence-corrected chi connectivity index (χ1v) is 11.3. The van der Waals surface area contributed by atoms with E-state index in [0.29, 0.717) is 33.5 Å². The second-order valence-electron chi connectivity index (χ2n) is 9.71. The maximum absolute atomic E-state index is 14.5. The number of fused-ring (bicyclic) bond motifs is 3. The second-order valence-corrected chi connectivity index (χ2v) is 9.71. The smallest absolute Gasteiger partial charge is 0.275 e. The van der Waals surface area contributed by atoms with Gasteiger partial charge in [0.05, 0.1) is 22.3 Å². The molecule has 5 rings (SSSR count). The lowest BCUT2D eigenvalue weighted by Crippen LogP contribution is -2.20. The average Bonchev–Trinajstić information content (AvgIpc) is 3.19. The third-order valence-electron chi connectivity index (χ3n) is 6.50. The first-order valence-electron chi connectivity index (χ1n) is 11.3. The summed E-state index contributed by atoms with van der Waals surface area (Å²) < 4.78 is 31.6. The summed E-state index contributed by atoms with van der Waals surface area (Å²) in [6.07, 6.45) is 0. The summed E-state index contributed by atoms with van der Waals surface area (Å²) in [6, 6.07) is 21.4. The molecular formula is C29H23F2N3O. The predicted molar refractivity (Wildman–Crippen MR) is 134 cm³/mol. The molecule has 0 saturated heterocycles. The van der Waals surface area contributed by atoms with Crippen LogP contribution in [0.4, 0.5) is 8.78 Å². The first kappa shape index (κ1) is 22.5. The predicted octanol–water partition coefficient (Wildman–Crippen LogP) is 6.57. The number of hydrogen-bond donors (Lipinski definition) is 0. The third kappa shape index (κ3) is 3.43. The molecule has 2 aromatic heterocycles. The SMILES string of the molecule is Cn1c(=O)c2c(-c3ccc(C(C)(C)C)cc3)c(C#N)c(-c3ccccc3)n2c2cc(F)c(F)cc21. The van der Waals surface area contributed by atoms with Gasteiger partial charge in [0.1, 0.15) is 11.6 Å². The lowest BCUT2D eigenvalue weighted by Gasteiger charge is -2.19. The van der Waals surface area contributed by atoms with Gasteiger partial charge in [-0.15, -0.1) is 0 Å². The van der Waals surface area contributed by atoms with E-state index in [1.54, 1.807) is 4.40 Å². The van der Waals surface area contributed by atoms with Crippen molar-refractivity contribution in [1.29, 1.82) is 5.26 Å². The van der Waals surface area contributed by atoms with E-state index in [-0.39, 0.29) is 16.4 Å². The van der Waals surface area contributed by atoms with Crippen LogP contribution in [0, 0.1) is 23.0 Å². The molecule has 0 amide bonds. The van der Waals surface area contributed by atoms with E-state index in [0.717, 1.165) is 17.7 Å². The first-order chi connectivity index (χ1) is 16.6. The van der Waals surface area contributed by atoms with E-state index in [2.05, 4.69) is 26.8 Å². The van der Waals surface area contributed by atoms with Crippen LogP contribution in [0.3, 0.4) is 0 Å². The molecule has 0 aliphatic heterocycles. The van der Waals surface area contributed by atoms with Gasteiger partial charge in [0.2, 0.25) is 0 Å². The number of aryl methyl sites for hydroxylation is 1. The van der Waals surface area contributed by atoms with Crippen LogP contribution in [-0.2, 0) is 12.5 Å². The molecule has 0 aliphatic carbocycles. The van der Waals surface area contributed by atoms with Crippen LogP contribution >= 0.6 is 0 Å². The fourth-order valence-corrected chi connectivity index (χ4v) is 4.65. The standard InChI is InChI=1S/C29H23F2N3O/c1-29(2,3)19-12-10-17(11-13-19)25-20(16-32)26(18-8-6-5-7-9-18)34-24-15-22(31)21(30)14-23(24)33(4)28(35)27(25)34/h5-15H,1-4H3. The van der Waals surface area contributed by atoms with Gasteiger partial charge in [-0.2, -0.15) is 5.26 Å². The molecule has 0 bridgehead atoms. The number of nitrogens with zero attached hydrogens (tertiary/aromatic N) is 3. The molecule has 5 aromatic rings. The molecule has 6 heteroatoms. The van der Waals surface area contributed by atoms with Crippen molar-refractivity contribution in [2.75, 3.05) is 0 Å². The van der Waals surface area contributed by atoms with Crippen molar-refractivity contribution in [1.82, 2.24) is 8.97 Å². The van der Waals surface area contributed by atoms with Gasteiger partial charge in [-0.25, -0.2) is 8.78 Å². The van der Waals surface area contributed by atoms with Crippen molar-refractivity contribution in [2.45, 2.75) is 26.2 Å². The van der Waals surface area contributed by atoms with Gasteiger partial charge in [-0.3, -0.25) is 4.79 Å². The zero-order valence-electron chi connectivity index (χ0n) is 19.9. The van der Waals surface area contributed by atoms with E-state index in [1.165, 1.54) is 11.6 Å². The molecule has 0 aliphatic rings. The molecule has 0 unspecified atom stereocenters. The summed E-state index contributed by atoms with van der Waals surface area (Å²) in [6.45, 7) is 6.33. The molecule has 0 saturated carbocycles. The van der Waals surface area contributed by atoms with Crippen molar-refractivity contribution in [2.24, 2.45) is 7.05 Å². The van der Waals surface area contributed by atoms with E-state index in [4.69, 9.17) is 0 Å². The van der Waals surface area contributed by atoms with E-state index < -0.39 is 17.2 Å². The lowest BCUT2D eigenvalue weighted by molar-refractivity contribution is 0.510. The Hall–Kier alpha value is -4.24. The van der Waals surface area contributed by atoms with Crippen molar-refractivity contribution in [3.63, 3.8) is 0 Å². The minimum absolute atomic E-state index is 0.0669. The minimum Gasteiger partial charge on any atom is -0.308 e. The van der Waals surface area contributed by atoms with Gasteiger partial charge in [0.25, 0.3) is 5.56 Å². The van der Waals surface area contributed by atoms with Crippen molar-refractivity contribution in [3.8, 4) is 28.5 Å². The van der Waals surface area contributed by atoms with E-state index in [1.807, 2.05) is 54.6 Å². The van der Waals surface area contributed by atoms with Crippen molar-refractivity contribution in [3.05, 3.63) is 99.8 Å². The second kappa shape index (κ2) is 7.92. The van der Waals surface area contributed by atoms with Gasteiger partial charge in [0, 0.05) is 24.7 Å².